The van der Waals surface area contributed by atoms with E-state index in [4.69, 9.17) is 9.47 Å². The van der Waals surface area contributed by atoms with Gasteiger partial charge >= 0.3 is 0 Å². The average Bonchev–Trinajstić information content (AvgIpc) is 2.62. The second kappa shape index (κ2) is 3.89. The lowest BCUT2D eigenvalue weighted by Crippen LogP contribution is -2.21. The van der Waals surface area contributed by atoms with Gasteiger partial charge in [0.15, 0.2) is 11.5 Å². The number of nitrogens with one attached hydrogen (secondary N) is 1. The highest BCUT2D eigenvalue weighted by Crippen LogP contribution is 2.37. The molecule has 86 valence electrons. The van der Waals surface area contributed by atoms with Gasteiger partial charge in [0.05, 0.1) is 0 Å². The van der Waals surface area contributed by atoms with Crippen molar-refractivity contribution in [2.45, 2.75) is 26.2 Å². The van der Waals surface area contributed by atoms with Gasteiger partial charge in [0.1, 0.15) is 0 Å². The van der Waals surface area contributed by atoms with Crippen LogP contribution in [0, 0.1) is 12.8 Å². The molecule has 1 aromatic rings. The molecule has 0 atom stereocenters. The Labute approximate surface area is 95.8 Å². The zero-order valence-corrected chi connectivity index (χ0v) is 9.58. The molecular formula is C13H17NO2. The number of hydrogen-bond acceptors (Lipinski definition) is 3. The summed E-state index contributed by atoms with van der Waals surface area (Å²) < 4.78 is 10.7. The minimum atomic E-state index is 0.348. The van der Waals surface area contributed by atoms with Gasteiger partial charge in [0.2, 0.25) is 6.79 Å². The molecule has 0 spiro atoms. The third kappa shape index (κ3) is 1.70. The molecule has 1 saturated carbocycles. The molecule has 0 bridgehead atoms. The fraction of sp³-hybridized carbons (Fsp3) is 0.538. The number of anilines is 1. The summed E-state index contributed by atoms with van der Waals surface area (Å²) in [6.45, 7) is 3.53. The topological polar surface area (TPSA) is 30.5 Å². The van der Waals surface area contributed by atoms with Crippen LogP contribution in [0.2, 0.25) is 0 Å². The number of fused-ring (bicyclic) bond motifs is 1. The number of rotatable bonds is 3. The SMILES string of the molecule is Cc1cc2c(cc1NCC1CCC1)OCO2. The summed E-state index contributed by atoms with van der Waals surface area (Å²) in [7, 11) is 0. The third-order valence-corrected chi connectivity index (χ3v) is 3.53. The maximum Gasteiger partial charge on any atom is 0.231 e. The van der Waals surface area contributed by atoms with E-state index in [2.05, 4.69) is 18.3 Å². The monoisotopic (exact) mass is 219 g/mol. The summed E-state index contributed by atoms with van der Waals surface area (Å²) in [6.07, 6.45) is 4.14. The Bertz CT molecular complexity index is 399. The molecule has 1 aromatic carbocycles. The fourth-order valence-corrected chi connectivity index (χ4v) is 2.19. The van der Waals surface area contributed by atoms with Gasteiger partial charge in [-0.05, 0) is 37.3 Å². The number of aryl methyl sites for hydroxylation is 1. The molecule has 1 aliphatic heterocycles. The van der Waals surface area contributed by atoms with Crippen LogP contribution in [-0.2, 0) is 0 Å². The summed E-state index contributed by atoms with van der Waals surface area (Å²) in [4.78, 5) is 0. The normalized spacial score (nSPS) is 18.3. The van der Waals surface area contributed by atoms with Gasteiger partial charge in [-0.1, -0.05) is 6.42 Å². The van der Waals surface area contributed by atoms with Crippen LogP contribution in [0.1, 0.15) is 24.8 Å². The number of ether oxygens (including phenoxy) is 2. The zero-order chi connectivity index (χ0) is 11.0. The minimum absolute atomic E-state index is 0.348. The molecule has 0 amide bonds. The van der Waals surface area contributed by atoms with Gasteiger partial charge < -0.3 is 14.8 Å². The zero-order valence-electron chi connectivity index (χ0n) is 9.58. The van der Waals surface area contributed by atoms with Gasteiger partial charge in [-0.2, -0.15) is 0 Å². The lowest BCUT2D eigenvalue weighted by atomic mass is 9.85. The van der Waals surface area contributed by atoms with Gasteiger partial charge in [-0.15, -0.1) is 0 Å². The average molecular weight is 219 g/mol. The van der Waals surface area contributed by atoms with Crippen molar-refractivity contribution in [2.24, 2.45) is 5.92 Å². The molecule has 0 unspecified atom stereocenters. The van der Waals surface area contributed by atoms with Crippen molar-refractivity contribution >= 4 is 5.69 Å². The van der Waals surface area contributed by atoms with Crippen molar-refractivity contribution in [1.82, 2.24) is 0 Å². The van der Waals surface area contributed by atoms with Crippen LogP contribution in [0.15, 0.2) is 12.1 Å². The van der Waals surface area contributed by atoms with Crippen molar-refractivity contribution in [1.29, 1.82) is 0 Å². The van der Waals surface area contributed by atoms with Crippen LogP contribution in [0.25, 0.3) is 0 Å². The smallest absolute Gasteiger partial charge is 0.231 e. The first kappa shape index (κ1) is 9.82. The molecule has 3 nitrogen and oxygen atoms in total. The van der Waals surface area contributed by atoms with Gasteiger partial charge in [-0.25, -0.2) is 0 Å². The number of hydrogen-bond donors (Lipinski definition) is 1. The van der Waals surface area contributed by atoms with Crippen molar-refractivity contribution in [3.05, 3.63) is 17.7 Å². The van der Waals surface area contributed by atoms with E-state index in [0.717, 1.165) is 24.0 Å². The van der Waals surface area contributed by atoms with E-state index in [9.17, 15) is 0 Å². The quantitative estimate of drug-likeness (QED) is 0.847. The molecule has 1 heterocycles. The standard InChI is InChI=1S/C13H17NO2/c1-9-5-12-13(16-8-15-12)6-11(9)14-7-10-3-2-4-10/h5-6,10,14H,2-4,7-8H2,1H3. The molecule has 0 saturated heterocycles. The van der Waals surface area contributed by atoms with E-state index in [1.54, 1.807) is 0 Å². The van der Waals surface area contributed by atoms with Gasteiger partial charge in [0.25, 0.3) is 0 Å². The summed E-state index contributed by atoms with van der Waals surface area (Å²) in [6, 6.07) is 4.10. The summed E-state index contributed by atoms with van der Waals surface area (Å²) in [5, 5.41) is 3.51. The van der Waals surface area contributed by atoms with Crippen molar-refractivity contribution in [3.63, 3.8) is 0 Å². The largest absolute Gasteiger partial charge is 0.454 e. The highest BCUT2D eigenvalue weighted by atomic mass is 16.7. The van der Waals surface area contributed by atoms with E-state index in [-0.39, 0.29) is 0 Å². The van der Waals surface area contributed by atoms with E-state index in [1.165, 1.54) is 30.5 Å². The summed E-state index contributed by atoms with van der Waals surface area (Å²) in [5.74, 6) is 2.60. The summed E-state index contributed by atoms with van der Waals surface area (Å²) >= 11 is 0. The maximum absolute atomic E-state index is 5.38. The van der Waals surface area contributed by atoms with E-state index in [1.807, 2.05) is 6.07 Å². The van der Waals surface area contributed by atoms with E-state index >= 15 is 0 Å². The second-order valence-corrected chi connectivity index (χ2v) is 4.70. The molecule has 1 N–H and O–H groups in total. The van der Waals surface area contributed by atoms with Crippen molar-refractivity contribution < 1.29 is 9.47 Å². The lowest BCUT2D eigenvalue weighted by Gasteiger charge is -2.26. The Morgan fingerprint density at radius 1 is 1.25 bits per heavy atom. The molecular weight excluding hydrogens is 202 g/mol. The number of benzene rings is 1. The Morgan fingerprint density at radius 3 is 2.69 bits per heavy atom. The van der Waals surface area contributed by atoms with Gasteiger partial charge in [-0.3, -0.25) is 0 Å². The Kier molecular flexibility index (Phi) is 2.39. The van der Waals surface area contributed by atoms with Crippen LogP contribution in [0.5, 0.6) is 11.5 Å². The second-order valence-electron chi connectivity index (χ2n) is 4.70. The van der Waals surface area contributed by atoms with Crippen LogP contribution >= 0.6 is 0 Å². The Balaban J connectivity index is 1.73. The predicted molar refractivity (Wildman–Crippen MR) is 63.1 cm³/mol. The van der Waals surface area contributed by atoms with Gasteiger partial charge in [0, 0.05) is 18.3 Å². The van der Waals surface area contributed by atoms with Crippen LogP contribution in [-0.4, -0.2) is 13.3 Å². The van der Waals surface area contributed by atoms with Crippen LogP contribution in [0.4, 0.5) is 5.69 Å². The first-order chi connectivity index (χ1) is 7.83. The molecule has 1 fully saturated rings. The van der Waals surface area contributed by atoms with Crippen LogP contribution < -0.4 is 14.8 Å². The highest BCUT2D eigenvalue weighted by Gasteiger charge is 2.19. The Morgan fingerprint density at radius 2 is 2.00 bits per heavy atom. The molecule has 0 radical (unpaired) electrons. The molecule has 3 rings (SSSR count). The highest BCUT2D eigenvalue weighted by molar-refractivity contribution is 5.60. The van der Waals surface area contributed by atoms with E-state index in [0.29, 0.717) is 6.79 Å². The predicted octanol–water partition coefficient (Wildman–Crippen LogP) is 2.94. The third-order valence-electron chi connectivity index (χ3n) is 3.53. The maximum atomic E-state index is 5.38. The van der Waals surface area contributed by atoms with Crippen LogP contribution in [0.3, 0.4) is 0 Å². The molecule has 16 heavy (non-hydrogen) atoms. The van der Waals surface area contributed by atoms with Crippen molar-refractivity contribution in [2.75, 3.05) is 18.7 Å². The first-order valence-electron chi connectivity index (χ1n) is 5.97. The Hall–Kier alpha value is -1.38. The molecule has 1 aliphatic carbocycles. The first-order valence-corrected chi connectivity index (χ1v) is 5.97. The summed E-state index contributed by atoms with van der Waals surface area (Å²) in [5.41, 5.74) is 2.40. The lowest BCUT2D eigenvalue weighted by molar-refractivity contribution is 0.174. The fourth-order valence-electron chi connectivity index (χ4n) is 2.19. The molecule has 2 aliphatic rings. The van der Waals surface area contributed by atoms with Crippen molar-refractivity contribution in [3.8, 4) is 11.5 Å². The minimum Gasteiger partial charge on any atom is -0.454 e. The molecule has 0 aromatic heterocycles. The molecule has 3 heteroatoms. The van der Waals surface area contributed by atoms with E-state index < -0.39 is 0 Å².